The van der Waals surface area contributed by atoms with Gasteiger partial charge in [-0.2, -0.15) is 0 Å². The maximum absolute atomic E-state index is 12.7. The standard InChI is InChI=1S/C13H25NO3S/c1-9-11(5-7-17-9)18(15,16)12-8-13(2,3)6-4-10(12)14/h9-12H,4-8,14H2,1-3H3. The summed E-state index contributed by atoms with van der Waals surface area (Å²) < 4.78 is 30.9. The fourth-order valence-corrected chi connectivity index (χ4v) is 6.06. The molecule has 5 heteroatoms. The molecule has 1 aliphatic carbocycles. The van der Waals surface area contributed by atoms with Gasteiger partial charge < -0.3 is 10.5 Å². The summed E-state index contributed by atoms with van der Waals surface area (Å²) in [5, 5.41) is -0.752. The average Bonchev–Trinajstić information content (AvgIpc) is 2.69. The van der Waals surface area contributed by atoms with Crippen LogP contribution in [0.2, 0.25) is 0 Å². The highest BCUT2D eigenvalue weighted by atomic mass is 32.2. The van der Waals surface area contributed by atoms with Crippen LogP contribution >= 0.6 is 0 Å². The Morgan fingerprint density at radius 3 is 2.44 bits per heavy atom. The molecule has 0 aromatic carbocycles. The lowest BCUT2D eigenvalue weighted by atomic mass is 9.75. The van der Waals surface area contributed by atoms with Crippen molar-refractivity contribution in [3.05, 3.63) is 0 Å². The molecule has 0 aromatic heterocycles. The van der Waals surface area contributed by atoms with Crippen LogP contribution in [0.4, 0.5) is 0 Å². The Balaban J connectivity index is 2.23. The SMILES string of the molecule is CC1OCCC1S(=O)(=O)C1CC(C)(C)CCC1N. The van der Waals surface area contributed by atoms with Crippen molar-refractivity contribution in [2.45, 2.75) is 69.1 Å². The Morgan fingerprint density at radius 1 is 1.22 bits per heavy atom. The summed E-state index contributed by atoms with van der Waals surface area (Å²) in [6, 6.07) is -0.212. The maximum Gasteiger partial charge on any atom is 0.160 e. The smallest absolute Gasteiger partial charge is 0.160 e. The van der Waals surface area contributed by atoms with Crippen molar-refractivity contribution in [1.29, 1.82) is 0 Å². The van der Waals surface area contributed by atoms with Gasteiger partial charge in [-0.1, -0.05) is 13.8 Å². The van der Waals surface area contributed by atoms with Crippen LogP contribution < -0.4 is 5.73 Å². The highest BCUT2D eigenvalue weighted by molar-refractivity contribution is 7.92. The quantitative estimate of drug-likeness (QED) is 0.829. The maximum atomic E-state index is 12.7. The largest absolute Gasteiger partial charge is 0.377 e. The average molecular weight is 275 g/mol. The number of rotatable bonds is 2. The number of nitrogens with two attached hydrogens (primary N) is 1. The molecular formula is C13H25NO3S. The highest BCUT2D eigenvalue weighted by Gasteiger charge is 2.46. The Bertz CT molecular complexity index is 404. The number of hydrogen-bond donors (Lipinski definition) is 1. The second-order valence-electron chi connectivity index (χ2n) is 6.60. The van der Waals surface area contributed by atoms with E-state index < -0.39 is 15.1 Å². The zero-order chi connectivity index (χ0) is 13.6. The zero-order valence-corrected chi connectivity index (χ0v) is 12.4. The molecule has 4 unspecified atom stereocenters. The van der Waals surface area contributed by atoms with E-state index in [9.17, 15) is 8.42 Å². The molecule has 2 aliphatic rings. The Morgan fingerprint density at radius 2 is 1.89 bits per heavy atom. The molecule has 4 nitrogen and oxygen atoms in total. The van der Waals surface area contributed by atoms with E-state index in [-0.39, 0.29) is 22.8 Å². The molecular weight excluding hydrogens is 250 g/mol. The Hall–Kier alpha value is -0.130. The molecule has 0 bridgehead atoms. The van der Waals surface area contributed by atoms with Crippen molar-refractivity contribution in [3.8, 4) is 0 Å². The summed E-state index contributed by atoms with van der Waals surface area (Å²) in [7, 11) is -3.18. The third-order valence-corrected chi connectivity index (χ3v) is 7.36. The van der Waals surface area contributed by atoms with Crippen molar-refractivity contribution < 1.29 is 13.2 Å². The lowest BCUT2D eigenvalue weighted by Gasteiger charge is -2.40. The van der Waals surface area contributed by atoms with Crippen LogP contribution in [-0.4, -0.2) is 37.7 Å². The summed E-state index contributed by atoms with van der Waals surface area (Å²) in [5.74, 6) is 0. The van der Waals surface area contributed by atoms with Crippen molar-refractivity contribution in [1.82, 2.24) is 0 Å². The normalized spacial score (nSPS) is 40.9. The van der Waals surface area contributed by atoms with Gasteiger partial charge in [-0.15, -0.1) is 0 Å². The van der Waals surface area contributed by atoms with E-state index in [4.69, 9.17) is 10.5 Å². The van der Waals surface area contributed by atoms with Crippen LogP contribution in [-0.2, 0) is 14.6 Å². The molecule has 0 aromatic rings. The van der Waals surface area contributed by atoms with Crippen molar-refractivity contribution in [2.75, 3.05) is 6.61 Å². The molecule has 1 aliphatic heterocycles. The van der Waals surface area contributed by atoms with E-state index in [1.807, 2.05) is 6.92 Å². The fraction of sp³-hybridized carbons (Fsp3) is 1.00. The first kappa shape index (κ1) is 14.3. The number of sulfone groups is 1. The van der Waals surface area contributed by atoms with Gasteiger partial charge in [-0.05, 0) is 38.0 Å². The van der Waals surface area contributed by atoms with E-state index >= 15 is 0 Å². The van der Waals surface area contributed by atoms with Crippen LogP contribution in [0.3, 0.4) is 0 Å². The van der Waals surface area contributed by atoms with Crippen LogP contribution in [0.1, 0.15) is 46.5 Å². The van der Waals surface area contributed by atoms with Gasteiger partial charge in [0, 0.05) is 12.6 Å². The third-order valence-electron chi connectivity index (χ3n) is 4.54. The lowest BCUT2D eigenvalue weighted by Crippen LogP contribution is -2.51. The fourth-order valence-electron chi connectivity index (χ4n) is 3.27. The summed E-state index contributed by atoms with van der Waals surface area (Å²) in [6.45, 7) is 6.68. The molecule has 1 saturated heterocycles. The molecule has 0 radical (unpaired) electrons. The summed E-state index contributed by atoms with van der Waals surface area (Å²) in [5.41, 5.74) is 6.16. The van der Waals surface area contributed by atoms with Crippen LogP contribution in [0, 0.1) is 5.41 Å². The molecule has 1 saturated carbocycles. The molecule has 18 heavy (non-hydrogen) atoms. The Labute approximate surface area is 110 Å². The molecule has 106 valence electrons. The lowest BCUT2D eigenvalue weighted by molar-refractivity contribution is 0.126. The van der Waals surface area contributed by atoms with E-state index in [0.29, 0.717) is 19.4 Å². The zero-order valence-electron chi connectivity index (χ0n) is 11.6. The van der Waals surface area contributed by atoms with Gasteiger partial charge in [0.1, 0.15) is 0 Å². The van der Waals surface area contributed by atoms with Gasteiger partial charge >= 0.3 is 0 Å². The second kappa shape index (κ2) is 4.76. The molecule has 2 N–H and O–H groups in total. The third kappa shape index (κ3) is 2.58. The number of hydrogen-bond acceptors (Lipinski definition) is 4. The van der Waals surface area contributed by atoms with E-state index in [0.717, 1.165) is 12.8 Å². The van der Waals surface area contributed by atoms with E-state index in [2.05, 4.69) is 13.8 Å². The number of ether oxygens (including phenoxy) is 1. The topological polar surface area (TPSA) is 69.4 Å². The molecule has 1 heterocycles. The predicted octanol–water partition coefficient (Wildman–Crippen LogP) is 1.48. The first-order valence-corrected chi connectivity index (χ1v) is 8.45. The minimum atomic E-state index is -3.18. The monoisotopic (exact) mass is 275 g/mol. The summed E-state index contributed by atoms with van der Waals surface area (Å²) in [6.07, 6.45) is 2.93. The van der Waals surface area contributed by atoms with Crippen molar-refractivity contribution >= 4 is 9.84 Å². The molecule has 2 rings (SSSR count). The minimum absolute atomic E-state index is 0.0797. The second-order valence-corrected chi connectivity index (χ2v) is 8.99. The van der Waals surface area contributed by atoms with E-state index in [1.165, 1.54) is 0 Å². The summed E-state index contributed by atoms with van der Waals surface area (Å²) >= 11 is 0. The molecule has 4 atom stereocenters. The predicted molar refractivity (Wildman–Crippen MR) is 72.1 cm³/mol. The van der Waals surface area contributed by atoms with Gasteiger partial charge in [0.2, 0.25) is 0 Å². The first-order valence-electron chi connectivity index (χ1n) is 6.84. The van der Waals surface area contributed by atoms with Crippen molar-refractivity contribution in [2.24, 2.45) is 11.1 Å². The van der Waals surface area contributed by atoms with Gasteiger partial charge in [0.05, 0.1) is 16.6 Å². The molecule has 0 spiro atoms. The van der Waals surface area contributed by atoms with Gasteiger partial charge in [-0.3, -0.25) is 0 Å². The minimum Gasteiger partial charge on any atom is -0.377 e. The van der Waals surface area contributed by atoms with Crippen LogP contribution in [0.5, 0.6) is 0 Å². The van der Waals surface area contributed by atoms with E-state index in [1.54, 1.807) is 0 Å². The van der Waals surface area contributed by atoms with Gasteiger partial charge in [0.25, 0.3) is 0 Å². The highest BCUT2D eigenvalue weighted by Crippen LogP contribution is 2.40. The van der Waals surface area contributed by atoms with Gasteiger partial charge in [-0.25, -0.2) is 8.42 Å². The summed E-state index contributed by atoms with van der Waals surface area (Å²) in [4.78, 5) is 0. The van der Waals surface area contributed by atoms with Crippen LogP contribution in [0.15, 0.2) is 0 Å². The van der Waals surface area contributed by atoms with Crippen LogP contribution in [0.25, 0.3) is 0 Å². The van der Waals surface area contributed by atoms with Gasteiger partial charge in [0.15, 0.2) is 9.84 Å². The molecule has 2 fully saturated rings. The van der Waals surface area contributed by atoms with Crippen molar-refractivity contribution in [3.63, 3.8) is 0 Å². The first-order chi connectivity index (χ1) is 8.24. The Kier molecular flexibility index (Phi) is 3.78. The molecule has 0 amide bonds.